The molecule has 0 aliphatic carbocycles. The van der Waals surface area contributed by atoms with Crippen LogP contribution in [0.15, 0.2) is 18.2 Å². The van der Waals surface area contributed by atoms with E-state index in [4.69, 9.17) is 4.98 Å². The van der Waals surface area contributed by atoms with Crippen LogP contribution >= 0.6 is 11.3 Å². The highest BCUT2D eigenvalue weighted by Crippen LogP contribution is 2.27. The van der Waals surface area contributed by atoms with E-state index in [9.17, 15) is 0 Å². The summed E-state index contributed by atoms with van der Waals surface area (Å²) in [6, 6.07) is 7.11. The van der Waals surface area contributed by atoms with Gasteiger partial charge in [0.15, 0.2) is 0 Å². The number of hydrogen-bond acceptors (Lipinski definition) is 3. The Morgan fingerprint density at radius 2 is 1.95 bits per heavy atom. The highest BCUT2D eigenvalue weighted by atomic mass is 32.1. The van der Waals surface area contributed by atoms with Crippen molar-refractivity contribution < 1.29 is 0 Å². The lowest BCUT2D eigenvalue weighted by Gasteiger charge is -2.11. The number of nitrogens with zero attached hydrogens (tertiary/aromatic N) is 1. The largest absolute Gasteiger partial charge is 0.309 e. The standard InChI is InChI=1S/C18H26N2S/c1-6-9-19-14(4)18-15(5)20-17(21-18)11-16-8-7-12(2)13(3)10-16/h7-8,10,14,19H,6,9,11H2,1-5H3. The number of hydrogen-bond donors (Lipinski definition) is 1. The predicted octanol–water partition coefficient (Wildman–Crippen LogP) is 4.72. The molecule has 1 N–H and O–H groups in total. The second-order valence-corrected chi connectivity index (χ2v) is 6.94. The lowest BCUT2D eigenvalue weighted by Crippen LogP contribution is -2.18. The third-order valence-corrected chi connectivity index (χ3v) is 5.24. The van der Waals surface area contributed by atoms with Crippen molar-refractivity contribution >= 4 is 11.3 Å². The van der Waals surface area contributed by atoms with Crippen LogP contribution in [0.25, 0.3) is 0 Å². The molecule has 0 radical (unpaired) electrons. The van der Waals surface area contributed by atoms with Crippen molar-refractivity contribution in [3.8, 4) is 0 Å². The lowest BCUT2D eigenvalue weighted by atomic mass is 10.0. The Bertz CT molecular complexity index is 601. The maximum atomic E-state index is 4.77. The van der Waals surface area contributed by atoms with Gasteiger partial charge >= 0.3 is 0 Å². The SMILES string of the molecule is CCCNC(C)c1sc(Cc2ccc(C)c(C)c2)nc1C. The van der Waals surface area contributed by atoms with Gasteiger partial charge in [-0.15, -0.1) is 11.3 Å². The van der Waals surface area contributed by atoms with Crippen LogP contribution in [0.1, 0.15) is 58.6 Å². The molecule has 0 aliphatic heterocycles. The first-order chi connectivity index (χ1) is 10.0. The summed E-state index contributed by atoms with van der Waals surface area (Å²) in [7, 11) is 0. The average molecular weight is 302 g/mol. The molecule has 1 aromatic carbocycles. The molecule has 114 valence electrons. The van der Waals surface area contributed by atoms with Gasteiger partial charge in [-0.2, -0.15) is 0 Å². The molecule has 1 atom stereocenters. The molecule has 2 nitrogen and oxygen atoms in total. The molecule has 21 heavy (non-hydrogen) atoms. The van der Waals surface area contributed by atoms with E-state index in [1.54, 1.807) is 0 Å². The summed E-state index contributed by atoms with van der Waals surface area (Å²) < 4.78 is 0. The molecule has 0 saturated heterocycles. The number of thiazole rings is 1. The second kappa shape index (κ2) is 7.19. The lowest BCUT2D eigenvalue weighted by molar-refractivity contribution is 0.575. The van der Waals surface area contributed by atoms with Crippen LogP contribution in [-0.4, -0.2) is 11.5 Å². The van der Waals surface area contributed by atoms with Crippen molar-refractivity contribution in [2.24, 2.45) is 0 Å². The second-order valence-electron chi connectivity index (χ2n) is 5.83. The molecule has 1 heterocycles. The topological polar surface area (TPSA) is 24.9 Å². The van der Waals surface area contributed by atoms with Gasteiger partial charge in [-0.3, -0.25) is 0 Å². The molecule has 2 aromatic rings. The number of nitrogens with one attached hydrogen (secondary N) is 1. The van der Waals surface area contributed by atoms with Gasteiger partial charge in [0.2, 0.25) is 0 Å². The van der Waals surface area contributed by atoms with Crippen molar-refractivity contribution in [3.63, 3.8) is 0 Å². The monoisotopic (exact) mass is 302 g/mol. The van der Waals surface area contributed by atoms with Gasteiger partial charge in [0.05, 0.1) is 10.7 Å². The number of rotatable bonds is 6. The van der Waals surface area contributed by atoms with Gasteiger partial charge in [-0.1, -0.05) is 25.1 Å². The Balaban J connectivity index is 2.12. The minimum absolute atomic E-state index is 0.399. The number of aryl methyl sites for hydroxylation is 3. The normalized spacial score (nSPS) is 12.6. The van der Waals surface area contributed by atoms with Gasteiger partial charge in [0, 0.05) is 17.3 Å². The maximum absolute atomic E-state index is 4.77. The van der Waals surface area contributed by atoms with E-state index in [2.05, 4.69) is 58.1 Å². The summed E-state index contributed by atoms with van der Waals surface area (Å²) in [5.74, 6) is 0. The van der Waals surface area contributed by atoms with Crippen LogP contribution in [0.4, 0.5) is 0 Å². The van der Waals surface area contributed by atoms with Crippen molar-refractivity contribution in [1.82, 2.24) is 10.3 Å². The zero-order valence-corrected chi connectivity index (χ0v) is 14.6. The third-order valence-electron chi connectivity index (χ3n) is 3.90. The first-order valence-electron chi connectivity index (χ1n) is 7.77. The van der Waals surface area contributed by atoms with Crippen LogP contribution in [0, 0.1) is 20.8 Å². The molecular weight excluding hydrogens is 276 g/mol. The van der Waals surface area contributed by atoms with Crippen LogP contribution < -0.4 is 5.32 Å². The van der Waals surface area contributed by atoms with Gasteiger partial charge in [-0.05, 0) is 57.4 Å². The minimum Gasteiger partial charge on any atom is -0.309 e. The molecule has 0 aliphatic rings. The minimum atomic E-state index is 0.399. The summed E-state index contributed by atoms with van der Waals surface area (Å²) in [5, 5.41) is 4.77. The van der Waals surface area contributed by atoms with E-state index >= 15 is 0 Å². The zero-order valence-electron chi connectivity index (χ0n) is 13.8. The summed E-state index contributed by atoms with van der Waals surface area (Å²) >= 11 is 1.85. The molecule has 3 heteroatoms. The molecule has 0 amide bonds. The Kier molecular flexibility index (Phi) is 5.54. The van der Waals surface area contributed by atoms with E-state index < -0.39 is 0 Å². The van der Waals surface area contributed by atoms with Crippen LogP contribution in [0.2, 0.25) is 0 Å². The summed E-state index contributed by atoms with van der Waals surface area (Å²) in [4.78, 5) is 6.14. The van der Waals surface area contributed by atoms with Crippen LogP contribution in [0.5, 0.6) is 0 Å². The average Bonchev–Trinajstić information content (AvgIpc) is 2.81. The summed E-state index contributed by atoms with van der Waals surface area (Å²) in [5.41, 5.74) is 5.24. The van der Waals surface area contributed by atoms with E-state index in [0.717, 1.165) is 19.4 Å². The molecule has 0 bridgehead atoms. The first-order valence-corrected chi connectivity index (χ1v) is 8.58. The highest BCUT2D eigenvalue weighted by molar-refractivity contribution is 7.11. The Labute approximate surface area is 132 Å². The van der Waals surface area contributed by atoms with E-state index in [1.165, 1.54) is 32.3 Å². The van der Waals surface area contributed by atoms with Crippen molar-refractivity contribution in [3.05, 3.63) is 50.5 Å². The van der Waals surface area contributed by atoms with Crippen molar-refractivity contribution in [2.75, 3.05) is 6.54 Å². The summed E-state index contributed by atoms with van der Waals surface area (Å²) in [6.45, 7) is 11.9. The van der Waals surface area contributed by atoms with E-state index in [1.807, 2.05) is 11.3 Å². The van der Waals surface area contributed by atoms with Crippen molar-refractivity contribution in [1.29, 1.82) is 0 Å². The first kappa shape index (κ1) is 16.2. The number of aromatic nitrogens is 1. The molecule has 2 rings (SSSR count). The van der Waals surface area contributed by atoms with Crippen LogP contribution in [-0.2, 0) is 6.42 Å². The third kappa shape index (κ3) is 4.14. The highest BCUT2D eigenvalue weighted by Gasteiger charge is 2.14. The zero-order chi connectivity index (χ0) is 15.4. The van der Waals surface area contributed by atoms with Crippen LogP contribution in [0.3, 0.4) is 0 Å². The molecular formula is C18H26N2S. The molecule has 1 aromatic heterocycles. The fourth-order valence-corrected chi connectivity index (χ4v) is 3.61. The Morgan fingerprint density at radius 3 is 2.62 bits per heavy atom. The quantitative estimate of drug-likeness (QED) is 0.835. The van der Waals surface area contributed by atoms with Gasteiger partial charge < -0.3 is 5.32 Å². The molecule has 0 spiro atoms. The fraction of sp³-hybridized carbons (Fsp3) is 0.500. The molecule has 1 unspecified atom stereocenters. The van der Waals surface area contributed by atoms with E-state index in [0.29, 0.717) is 6.04 Å². The van der Waals surface area contributed by atoms with Gasteiger partial charge in [0.25, 0.3) is 0 Å². The number of benzene rings is 1. The molecule has 0 saturated carbocycles. The maximum Gasteiger partial charge on any atom is 0.0975 e. The molecule has 0 fully saturated rings. The van der Waals surface area contributed by atoms with Gasteiger partial charge in [-0.25, -0.2) is 4.98 Å². The van der Waals surface area contributed by atoms with E-state index in [-0.39, 0.29) is 0 Å². The predicted molar refractivity (Wildman–Crippen MR) is 92.3 cm³/mol. The van der Waals surface area contributed by atoms with Crippen molar-refractivity contribution in [2.45, 2.75) is 53.5 Å². The fourth-order valence-electron chi connectivity index (χ4n) is 2.48. The smallest absolute Gasteiger partial charge is 0.0975 e. The summed E-state index contributed by atoms with van der Waals surface area (Å²) in [6.07, 6.45) is 2.10. The Hall–Kier alpha value is -1.19. The Morgan fingerprint density at radius 1 is 1.19 bits per heavy atom. The van der Waals surface area contributed by atoms with Gasteiger partial charge in [0.1, 0.15) is 0 Å².